The number of anilines is 1. The maximum Gasteiger partial charge on any atom is 0.244 e. The Kier molecular flexibility index (Phi) is 6.98. The van der Waals surface area contributed by atoms with Gasteiger partial charge in [0.05, 0.1) is 6.26 Å². The molecule has 1 aromatic carbocycles. The number of nitrogens with one attached hydrogen (secondary N) is 2. The number of aromatic nitrogens is 4. The summed E-state index contributed by atoms with van der Waals surface area (Å²) < 4.78 is 7.79. The average molecular weight is 494 g/mol. The Morgan fingerprint density at radius 1 is 1.20 bits per heavy atom. The van der Waals surface area contributed by atoms with Crippen LogP contribution in [0.4, 0.5) is 5.82 Å². The van der Waals surface area contributed by atoms with Gasteiger partial charge in [0, 0.05) is 36.5 Å². The number of fused-ring (bicyclic) bond motifs is 2. The highest BCUT2D eigenvalue weighted by molar-refractivity contribution is 7.99. The molecule has 11 heteroatoms. The molecule has 3 aromatic heterocycles. The van der Waals surface area contributed by atoms with Crippen molar-refractivity contribution in [2.75, 3.05) is 18.8 Å². The maximum atomic E-state index is 11.2. The lowest BCUT2D eigenvalue weighted by Crippen LogP contribution is -2.27. The molecular weight excluding hydrogens is 466 g/mol. The zero-order valence-electron chi connectivity index (χ0n) is 19.2. The number of hydrogen-bond donors (Lipinski definition) is 4. The molecule has 0 fully saturated rings. The zero-order valence-corrected chi connectivity index (χ0v) is 20.0. The highest BCUT2D eigenvalue weighted by Gasteiger charge is 2.21. The van der Waals surface area contributed by atoms with Gasteiger partial charge in [0.1, 0.15) is 12.1 Å². The Bertz CT molecular complexity index is 1340. The smallest absolute Gasteiger partial charge is 0.244 e. The van der Waals surface area contributed by atoms with Crippen molar-refractivity contribution in [3.63, 3.8) is 0 Å². The number of amides is 1. The SMILES string of the molecule is Nc1ncnc2c1nc(Sc1cc3c(cc1-c1ccco1)CCCC3)n2CCNCCC(=O)NO. The average Bonchev–Trinajstić information content (AvgIpc) is 3.53. The molecular formula is C24H27N7O3S. The van der Waals surface area contributed by atoms with E-state index in [2.05, 4.69) is 27.4 Å². The molecule has 0 unspecified atom stereocenters. The second-order valence-electron chi connectivity index (χ2n) is 8.42. The minimum Gasteiger partial charge on any atom is -0.464 e. The van der Waals surface area contributed by atoms with E-state index in [4.69, 9.17) is 20.3 Å². The summed E-state index contributed by atoms with van der Waals surface area (Å²) in [5, 5.41) is 12.6. The van der Waals surface area contributed by atoms with E-state index in [-0.39, 0.29) is 6.42 Å². The summed E-state index contributed by atoms with van der Waals surface area (Å²) in [5.41, 5.74) is 12.8. The van der Waals surface area contributed by atoms with Crippen LogP contribution in [0, 0.1) is 0 Å². The first-order valence-corrected chi connectivity index (χ1v) is 12.4. The van der Waals surface area contributed by atoms with Gasteiger partial charge in [0.25, 0.3) is 0 Å². The molecule has 5 rings (SSSR count). The van der Waals surface area contributed by atoms with Crippen molar-refractivity contribution < 1.29 is 14.4 Å². The van der Waals surface area contributed by atoms with Crippen molar-refractivity contribution in [2.24, 2.45) is 0 Å². The molecule has 0 aliphatic heterocycles. The summed E-state index contributed by atoms with van der Waals surface area (Å²) in [6, 6.07) is 8.40. The van der Waals surface area contributed by atoms with Gasteiger partial charge in [-0.05, 0) is 61.1 Å². The van der Waals surface area contributed by atoms with Crippen LogP contribution < -0.4 is 16.5 Å². The van der Waals surface area contributed by atoms with Gasteiger partial charge in [0.15, 0.2) is 22.1 Å². The molecule has 1 aliphatic carbocycles. The van der Waals surface area contributed by atoms with Gasteiger partial charge in [-0.1, -0.05) is 11.8 Å². The standard InChI is InChI=1S/C24H27N7O3S/c25-22-21-23(28-14-27-22)31(10-9-26-8-7-20(32)30-33)24(29-21)35-19-13-16-5-2-1-4-15(16)12-17(19)18-6-3-11-34-18/h3,6,11-14,26,33H,1-2,4-5,7-10H2,(H,30,32)(H2,25,27,28). The topological polar surface area (TPSA) is 144 Å². The van der Waals surface area contributed by atoms with E-state index in [1.165, 1.54) is 30.3 Å². The van der Waals surface area contributed by atoms with Gasteiger partial charge in [-0.15, -0.1) is 0 Å². The molecule has 10 nitrogen and oxygen atoms in total. The predicted octanol–water partition coefficient (Wildman–Crippen LogP) is 3.18. The normalized spacial score (nSPS) is 13.2. The molecule has 4 aromatic rings. The van der Waals surface area contributed by atoms with Crippen LogP contribution in [-0.2, 0) is 24.2 Å². The number of aryl methyl sites for hydroxylation is 2. The summed E-state index contributed by atoms with van der Waals surface area (Å²) in [7, 11) is 0. The third-order valence-electron chi connectivity index (χ3n) is 6.12. The predicted molar refractivity (Wildman–Crippen MR) is 132 cm³/mol. The van der Waals surface area contributed by atoms with Crippen molar-refractivity contribution >= 4 is 34.7 Å². The molecule has 0 radical (unpaired) electrons. The lowest BCUT2D eigenvalue weighted by Gasteiger charge is -2.19. The number of nitrogen functional groups attached to an aromatic ring is 1. The number of nitrogens with zero attached hydrogens (tertiary/aromatic N) is 4. The van der Waals surface area contributed by atoms with Crippen LogP contribution in [0.5, 0.6) is 0 Å². The highest BCUT2D eigenvalue weighted by atomic mass is 32.2. The second kappa shape index (κ2) is 10.5. The number of nitrogens with two attached hydrogens (primary N) is 1. The van der Waals surface area contributed by atoms with Crippen LogP contribution in [0.2, 0.25) is 0 Å². The minimum atomic E-state index is -0.430. The number of carbonyl (C=O) groups is 1. The molecule has 0 bridgehead atoms. The molecule has 0 saturated heterocycles. The van der Waals surface area contributed by atoms with Gasteiger partial charge in [-0.3, -0.25) is 10.0 Å². The van der Waals surface area contributed by atoms with Crippen molar-refractivity contribution in [1.29, 1.82) is 0 Å². The Morgan fingerprint density at radius 2 is 2.03 bits per heavy atom. The Morgan fingerprint density at radius 3 is 2.80 bits per heavy atom. The van der Waals surface area contributed by atoms with Crippen molar-refractivity contribution in [2.45, 2.75) is 48.7 Å². The van der Waals surface area contributed by atoms with Gasteiger partial charge in [0.2, 0.25) is 5.91 Å². The van der Waals surface area contributed by atoms with E-state index in [1.54, 1.807) is 23.5 Å². The summed E-state index contributed by atoms with van der Waals surface area (Å²) in [6.07, 6.45) is 7.87. The van der Waals surface area contributed by atoms with E-state index in [0.29, 0.717) is 36.6 Å². The zero-order chi connectivity index (χ0) is 24.2. The van der Waals surface area contributed by atoms with E-state index in [1.807, 2.05) is 16.7 Å². The van der Waals surface area contributed by atoms with E-state index in [9.17, 15) is 4.79 Å². The Hall–Kier alpha value is -3.41. The number of furan rings is 1. The van der Waals surface area contributed by atoms with E-state index in [0.717, 1.165) is 34.2 Å². The monoisotopic (exact) mass is 493 g/mol. The number of benzene rings is 1. The third-order valence-corrected chi connectivity index (χ3v) is 7.17. The maximum absolute atomic E-state index is 11.2. The molecule has 0 saturated carbocycles. The summed E-state index contributed by atoms with van der Waals surface area (Å²) >= 11 is 1.56. The van der Waals surface area contributed by atoms with Gasteiger partial charge < -0.3 is 20.0 Å². The molecule has 0 spiro atoms. The van der Waals surface area contributed by atoms with E-state index >= 15 is 0 Å². The quantitative estimate of drug-likeness (QED) is 0.157. The third kappa shape index (κ3) is 5.02. The first kappa shape index (κ1) is 23.3. The van der Waals surface area contributed by atoms with Crippen molar-refractivity contribution in [3.05, 3.63) is 48.0 Å². The molecule has 3 heterocycles. The van der Waals surface area contributed by atoms with Gasteiger partial charge in [-0.25, -0.2) is 20.4 Å². The van der Waals surface area contributed by atoms with Gasteiger partial charge in [-0.2, -0.15) is 0 Å². The number of imidazole rings is 1. The van der Waals surface area contributed by atoms with Crippen molar-refractivity contribution in [1.82, 2.24) is 30.3 Å². The minimum absolute atomic E-state index is 0.180. The summed E-state index contributed by atoms with van der Waals surface area (Å²) in [6.45, 7) is 1.58. The highest BCUT2D eigenvalue weighted by Crippen LogP contribution is 2.40. The molecule has 1 aliphatic rings. The number of hydroxylamine groups is 1. The molecule has 1 amide bonds. The molecule has 35 heavy (non-hydrogen) atoms. The van der Waals surface area contributed by atoms with Crippen molar-refractivity contribution in [3.8, 4) is 11.3 Å². The lowest BCUT2D eigenvalue weighted by atomic mass is 9.90. The van der Waals surface area contributed by atoms with Crippen LogP contribution in [0.3, 0.4) is 0 Å². The lowest BCUT2D eigenvalue weighted by molar-refractivity contribution is -0.129. The van der Waals surface area contributed by atoms with Crippen LogP contribution in [0.1, 0.15) is 30.4 Å². The molecule has 182 valence electrons. The van der Waals surface area contributed by atoms with Crippen LogP contribution in [0.25, 0.3) is 22.5 Å². The largest absolute Gasteiger partial charge is 0.464 e. The van der Waals surface area contributed by atoms with Crippen LogP contribution >= 0.6 is 11.8 Å². The fraction of sp³-hybridized carbons (Fsp3) is 0.333. The fourth-order valence-corrected chi connectivity index (χ4v) is 5.45. The van der Waals surface area contributed by atoms with E-state index < -0.39 is 5.91 Å². The first-order valence-electron chi connectivity index (χ1n) is 11.6. The number of hydrogen-bond acceptors (Lipinski definition) is 9. The Labute approximate surface area is 206 Å². The molecule has 0 atom stereocenters. The second-order valence-corrected chi connectivity index (χ2v) is 9.42. The summed E-state index contributed by atoms with van der Waals surface area (Å²) in [5.74, 6) is 0.728. The number of carbonyl (C=O) groups excluding carboxylic acids is 1. The Balaban J connectivity index is 1.47. The van der Waals surface area contributed by atoms with Gasteiger partial charge >= 0.3 is 0 Å². The summed E-state index contributed by atoms with van der Waals surface area (Å²) in [4.78, 5) is 25.7. The first-order chi connectivity index (χ1) is 17.1. The van der Waals surface area contributed by atoms with Crippen LogP contribution in [-0.4, -0.2) is 43.7 Å². The fourth-order valence-electron chi connectivity index (χ4n) is 4.36. The number of rotatable bonds is 9. The molecule has 5 N–H and O–H groups in total. The van der Waals surface area contributed by atoms with Crippen LogP contribution in [0.15, 0.2) is 51.3 Å².